The van der Waals surface area contributed by atoms with Gasteiger partial charge in [0.25, 0.3) is 0 Å². The van der Waals surface area contributed by atoms with Gasteiger partial charge in [-0.05, 0) is 73.8 Å². The highest BCUT2D eigenvalue weighted by atomic mass is 19.1. The molecule has 2 unspecified atom stereocenters. The number of nitrogens with zero attached hydrogens (tertiary/aromatic N) is 1. The number of ether oxygens (including phenoxy) is 1. The quantitative estimate of drug-likeness (QED) is 0.731. The number of Topliss-reactive ketones (excluding diaryl/α,β-unsaturated/α-hetero) is 1. The highest BCUT2D eigenvalue weighted by Gasteiger charge is 2.41. The molecule has 0 amide bonds. The number of fused-ring (bicyclic) bond motifs is 1. The second kappa shape index (κ2) is 6.91. The van der Waals surface area contributed by atoms with Crippen molar-refractivity contribution < 1.29 is 13.9 Å². The molecule has 0 radical (unpaired) electrons. The van der Waals surface area contributed by atoms with E-state index in [9.17, 15) is 9.18 Å². The van der Waals surface area contributed by atoms with Crippen molar-refractivity contribution in [1.82, 2.24) is 0 Å². The fourth-order valence-electron chi connectivity index (χ4n) is 4.51. The highest BCUT2D eigenvalue weighted by Crippen LogP contribution is 2.48. The second-order valence-electron chi connectivity index (χ2n) is 8.54. The van der Waals surface area contributed by atoms with E-state index in [4.69, 9.17) is 4.74 Å². The summed E-state index contributed by atoms with van der Waals surface area (Å²) in [5.41, 5.74) is 4.50. The Kier molecular flexibility index (Phi) is 4.37. The summed E-state index contributed by atoms with van der Waals surface area (Å²) in [4.78, 5) is 13.7. The molecule has 2 saturated carbocycles. The third kappa shape index (κ3) is 3.30. The van der Waals surface area contributed by atoms with Crippen molar-refractivity contribution >= 4 is 11.5 Å². The second-order valence-corrected chi connectivity index (χ2v) is 8.54. The van der Waals surface area contributed by atoms with Crippen molar-refractivity contribution in [2.75, 3.05) is 11.4 Å². The van der Waals surface area contributed by atoms with Gasteiger partial charge in [0.15, 0.2) is 0 Å². The zero-order valence-corrected chi connectivity index (χ0v) is 16.3. The first-order valence-electron chi connectivity index (χ1n) is 10.4. The van der Waals surface area contributed by atoms with Crippen LogP contribution in [0.2, 0.25) is 0 Å². The lowest BCUT2D eigenvalue weighted by Crippen LogP contribution is -2.31. The van der Waals surface area contributed by atoms with Crippen LogP contribution >= 0.6 is 0 Å². The van der Waals surface area contributed by atoms with Crippen molar-refractivity contribution in [3.8, 4) is 5.75 Å². The molecule has 2 aliphatic carbocycles. The SMILES string of the molecule is CC(=O)C1CC1c1ccc2c(c1)CCN(c1cc(OC3CCC3)ccc1F)C2. The summed E-state index contributed by atoms with van der Waals surface area (Å²) >= 11 is 0. The average Bonchev–Trinajstić information content (AvgIpc) is 3.46. The molecule has 3 nitrogen and oxygen atoms in total. The summed E-state index contributed by atoms with van der Waals surface area (Å²) in [5.74, 6) is 1.49. The normalized spacial score (nSPS) is 23.7. The van der Waals surface area contributed by atoms with E-state index < -0.39 is 0 Å². The molecule has 2 aromatic carbocycles. The zero-order valence-electron chi connectivity index (χ0n) is 16.3. The van der Waals surface area contributed by atoms with E-state index in [1.54, 1.807) is 13.0 Å². The molecule has 2 aromatic rings. The molecule has 0 aromatic heterocycles. The van der Waals surface area contributed by atoms with Gasteiger partial charge < -0.3 is 9.64 Å². The largest absolute Gasteiger partial charge is 0.490 e. The maximum atomic E-state index is 14.5. The van der Waals surface area contributed by atoms with Crippen molar-refractivity contribution in [1.29, 1.82) is 0 Å². The van der Waals surface area contributed by atoms with Gasteiger partial charge in [0.2, 0.25) is 0 Å². The Bertz CT molecular complexity index is 921. The summed E-state index contributed by atoms with van der Waals surface area (Å²) in [6.45, 7) is 3.19. The molecule has 0 N–H and O–H groups in total. The molecule has 28 heavy (non-hydrogen) atoms. The first-order valence-corrected chi connectivity index (χ1v) is 10.4. The van der Waals surface area contributed by atoms with E-state index in [2.05, 4.69) is 23.1 Å². The van der Waals surface area contributed by atoms with Gasteiger partial charge >= 0.3 is 0 Å². The Labute approximate surface area is 165 Å². The van der Waals surface area contributed by atoms with Crippen LogP contribution in [0.3, 0.4) is 0 Å². The van der Waals surface area contributed by atoms with Crippen molar-refractivity contribution in [3.63, 3.8) is 0 Å². The summed E-state index contributed by atoms with van der Waals surface area (Å²) in [6, 6.07) is 11.7. The van der Waals surface area contributed by atoms with Crippen LogP contribution in [0.15, 0.2) is 36.4 Å². The lowest BCUT2D eigenvalue weighted by molar-refractivity contribution is -0.118. The van der Waals surface area contributed by atoms with Crippen LogP contribution < -0.4 is 9.64 Å². The van der Waals surface area contributed by atoms with Gasteiger partial charge in [-0.1, -0.05) is 18.2 Å². The Morgan fingerprint density at radius 2 is 2.00 bits per heavy atom. The summed E-state index contributed by atoms with van der Waals surface area (Å²) in [7, 11) is 0. The maximum Gasteiger partial charge on any atom is 0.146 e. The molecule has 146 valence electrons. The van der Waals surface area contributed by atoms with Gasteiger partial charge in [-0.2, -0.15) is 0 Å². The number of benzene rings is 2. The van der Waals surface area contributed by atoms with E-state index in [0.717, 1.165) is 38.0 Å². The number of carbonyl (C=O) groups excluding carboxylic acids is 1. The molecular weight excluding hydrogens is 353 g/mol. The minimum absolute atomic E-state index is 0.191. The molecule has 1 heterocycles. The lowest BCUT2D eigenvalue weighted by atomic mass is 9.94. The van der Waals surface area contributed by atoms with Gasteiger partial charge in [0.05, 0.1) is 11.8 Å². The maximum absolute atomic E-state index is 14.5. The van der Waals surface area contributed by atoms with Crippen molar-refractivity contribution in [2.24, 2.45) is 5.92 Å². The van der Waals surface area contributed by atoms with E-state index in [1.807, 2.05) is 6.07 Å². The lowest BCUT2D eigenvalue weighted by Gasteiger charge is -2.32. The minimum Gasteiger partial charge on any atom is -0.490 e. The van der Waals surface area contributed by atoms with Crippen LogP contribution in [0.5, 0.6) is 5.75 Å². The molecule has 2 atom stereocenters. The fraction of sp³-hybridized carbons (Fsp3) is 0.458. The summed E-state index contributed by atoms with van der Waals surface area (Å²) < 4.78 is 20.5. The van der Waals surface area contributed by atoms with Gasteiger partial charge in [-0.25, -0.2) is 4.39 Å². The van der Waals surface area contributed by atoms with Crippen molar-refractivity contribution in [2.45, 2.75) is 57.6 Å². The third-order valence-corrected chi connectivity index (χ3v) is 6.60. The fourth-order valence-corrected chi connectivity index (χ4v) is 4.51. The predicted molar refractivity (Wildman–Crippen MR) is 107 cm³/mol. The number of ketones is 1. The monoisotopic (exact) mass is 379 g/mol. The molecule has 0 spiro atoms. The minimum atomic E-state index is -0.191. The Balaban J connectivity index is 1.33. The molecule has 0 saturated heterocycles. The highest BCUT2D eigenvalue weighted by molar-refractivity contribution is 5.82. The molecule has 0 bridgehead atoms. The van der Waals surface area contributed by atoms with Crippen molar-refractivity contribution in [3.05, 3.63) is 58.9 Å². The molecular formula is C24H26FNO2. The smallest absolute Gasteiger partial charge is 0.146 e. The number of hydrogen-bond acceptors (Lipinski definition) is 3. The van der Waals surface area contributed by atoms with Gasteiger partial charge in [0, 0.05) is 25.1 Å². The van der Waals surface area contributed by atoms with E-state index in [1.165, 1.54) is 29.2 Å². The third-order valence-electron chi connectivity index (χ3n) is 6.60. The van der Waals surface area contributed by atoms with Gasteiger partial charge in [-0.15, -0.1) is 0 Å². The Morgan fingerprint density at radius 1 is 1.14 bits per heavy atom. The molecule has 1 aliphatic heterocycles. The predicted octanol–water partition coefficient (Wildman–Crippen LogP) is 5.01. The summed E-state index contributed by atoms with van der Waals surface area (Å²) in [5, 5.41) is 0. The molecule has 2 fully saturated rings. The van der Waals surface area contributed by atoms with Gasteiger partial charge in [-0.3, -0.25) is 4.79 Å². The molecule has 5 rings (SSSR count). The number of halogens is 1. The Morgan fingerprint density at radius 3 is 2.71 bits per heavy atom. The number of carbonyl (C=O) groups is 1. The van der Waals surface area contributed by atoms with E-state index in [-0.39, 0.29) is 11.7 Å². The summed E-state index contributed by atoms with van der Waals surface area (Å²) in [6.07, 6.45) is 5.58. The zero-order chi connectivity index (χ0) is 19.3. The van der Waals surface area contributed by atoms with Crippen LogP contribution in [-0.2, 0) is 17.8 Å². The van der Waals surface area contributed by atoms with Crippen LogP contribution in [-0.4, -0.2) is 18.4 Å². The Hall–Kier alpha value is -2.36. The van der Waals surface area contributed by atoms with E-state index in [0.29, 0.717) is 30.0 Å². The van der Waals surface area contributed by atoms with Crippen LogP contribution in [0.25, 0.3) is 0 Å². The van der Waals surface area contributed by atoms with Crippen LogP contribution in [0.1, 0.15) is 55.2 Å². The number of hydrogen-bond donors (Lipinski definition) is 0. The number of rotatable bonds is 5. The van der Waals surface area contributed by atoms with Crippen LogP contribution in [0.4, 0.5) is 10.1 Å². The first-order chi connectivity index (χ1) is 13.6. The van der Waals surface area contributed by atoms with E-state index >= 15 is 0 Å². The average molecular weight is 379 g/mol. The first kappa shape index (κ1) is 17.7. The molecule has 3 aliphatic rings. The number of anilines is 1. The van der Waals surface area contributed by atoms with Crippen LogP contribution in [0, 0.1) is 11.7 Å². The van der Waals surface area contributed by atoms with Gasteiger partial charge in [0.1, 0.15) is 17.3 Å². The topological polar surface area (TPSA) is 29.5 Å². The molecule has 4 heteroatoms. The standard InChI is InChI=1S/C24H26FNO2/c1-15(27)21-13-22(21)17-5-6-18-14-26(10-9-16(18)11-17)24-12-20(7-8-23(24)25)28-19-3-2-4-19/h5-8,11-12,19,21-22H,2-4,9-10,13-14H2,1H3.